The SMILES string of the molecule is C=C(C)C(=N)C(=O)Cc1cccc(F)c1. The van der Waals surface area contributed by atoms with Gasteiger partial charge < -0.3 is 0 Å². The number of ketones is 1. The standard InChI is InChI=1S/C12H12FNO/c1-8(2)12(14)11(15)7-9-4-3-5-10(13)6-9/h3-6,14H,1,7H2,2H3. The van der Waals surface area contributed by atoms with E-state index in [1.807, 2.05) is 0 Å². The Morgan fingerprint density at radius 2 is 2.20 bits per heavy atom. The van der Waals surface area contributed by atoms with E-state index in [0.717, 1.165) is 0 Å². The van der Waals surface area contributed by atoms with Crippen molar-refractivity contribution >= 4 is 11.5 Å². The minimum atomic E-state index is -0.373. The van der Waals surface area contributed by atoms with Crippen LogP contribution in [0.4, 0.5) is 4.39 Å². The number of Topliss-reactive ketones (excluding diaryl/α,β-unsaturated/α-hetero) is 1. The van der Waals surface area contributed by atoms with Gasteiger partial charge in [0.25, 0.3) is 0 Å². The molecule has 15 heavy (non-hydrogen) atoms. The van der Waals surface area contributed by atoms with E-state index in [4.69, 9.17) is 5.41 Å². The molecule has 1 rings (SSSR count). The molecule has 0 radical (unpaired) electrons. The van der Waals surface area contributed by atoms with Crippen LogP contribution in [0.15, 0.2) is 36.4 Å². The summed E-state index contributed by atoms with van der Waals surface area (Å²) in [5, 5.41) is 7.41. The number of halogens is 1. The number of carbonyl (C=O) groups excluding carboxylic acids is 1. The van der Waals surface area contributed by atoms with Crippen molar-refractivity contribution in [3.05, 3.63) is 47.8 Å². The summed E-state index contributed by atoms with van der Waals surface area (Å²) in [7, 11) is 0. The Kier molecular flexibility index (Phi) is 3.50. The molecule has 1 aromatic carbocycles. The maximum atomic E-state index is 12.8. The summed E-state index contributed by atoms with van der Waals surface area (Å²) in [5.74, 6) is -0.713. The van der Waals surface area contributed by atoms with E-state index >= 15 is 0 Å². The Balaban J connectivity index is 2.75. The van der Waals surface area contributed by atoms with Crippen LogP contribution in [0.1, 0.15) is 12.5 Å². The highest BCUT2D eigenvalue weighted by atomic mass is 19.1. The summed E-state index contributed by atoms with van der Waals surface area (Å²) in [4.78, 5) is 11.5. The number of hydrogen-bond acceptors (Lipinski definition) is 2. The largest absolute Gasteiger partial charge is 0.297 e. The van der Waals surface area contributed by atoms with Crippen molar-refractivity contribution in [2.45, 2.75) is 13.3 Å². The van der Waals surface area contributed by atoms with Gasteiger partial charge in [-0.05, 0) is 30.2 Å². The van der Waals surface area contributed by atoms with Crippen LogP contribution < -0.4 is 0 Å². The van der Waals surface area contributed by atoms with Gasteiger partial charge >= 0.3 is 0 Å². The van der Waals surface area contributed by atoms with Crippen LogP contribution in [0, 0.1) is 11.2 Å². The van der Waals surface area contributed by atoms with Crippen molar-refractivity contribution in [3.63, 3.8) is 0 Å². The molecule has 0 unspecified atom stereocenters. The van der Waals surface area contributed by atoms with Crippen LogP contribution in [0.25, 0.3) is 0 Å². The first-order valence-electron chi connectivity index (χ1n) is 4.53. The average molecular weight is 205 g/mol. The zero-order valence-corrected chi connectivity index (χ0v) is 8.51. The fraction of sp³-hybridized carbons (Fsp3) is 0.167. The molecule has 0 fully saturated rings. The van der Waals surface area contributed by atoms with Gasteiger partial charge in [0, 0.05) is 6.42 Å². The van der Waals surface area contributed by atoms with E-state index in [1.54, 1.807) is 19.1 Å². The molecule has 2 nitrogen and oxygen atoms in total. The van der Waals surface area contributed by atoms with Gasteiger partial charge in [-0.2, -0.15) is 0 Å². The van der Waals surface area contributed by atoms with Gasteiger partial charge in [0.05, 0.1) is 5.71 Å². The average Bonchev–Trinajstić information content (AvgIpc) is 2.16. The van der Waals surface area contributed by atoms with E-state index in [0.29, 0.717) is 11.1 Å². The lowest BCUT2D eigenvalue weighted by atomic mass is 10.0. The highest BCUT2D eigenvalue weighted by Gasteiger charge is 2.10. The van der Waals surface area contributed by atoms with Gasteiger partial charge in [0.1, 0.15) is 5.82 Å². The molecule has 1 aromatic rings. The first-order chi connectivity index (χ1) is 7.00. The third-order valence-corrected chi connectivity index (χ3v) is 1.96. The van der Waals surface area contributed by atoms with Crippen LogP contribution >= 0.6 is 0 Å². The molecule has 0 atom stereocenters. The Labute approximate surface area is 87.9 Å². The number of rotatable bonds is 4. The summed E-state index contributed by atoms with van der Waals surface area (Å²) >= 11 is 0. The van der Waals surface area contributed by atoms with Crippen LogP contribution in [-0.2, 0) is 11.2 Å². The van der Waals surface area contributed by atoms with Crippen LogP contribution in [0.2, 0.25) is 0 Å². The lowest BCUT2D eigenvalue weighted by molar-refractivity contribution is -0.112. The summed E-state index contributed by atoms with van der Waals surface area (Å²) in [5.41, 5.74) is 0.904. The third-order valence-electron chi connectivity index (χ3n) is 1.96. The predicted octanol–water partition coefficient (Wildman–Crippen LogP) is 2.53. The minimum Gasteiger partial charge on any atom is -0.297 e. The molecule has 78 valence electrons. The number of benzene rings is 1. The number of allylic oxidation sites excluding steroid dienone is 1. The molecular weight excluding hydrogens is 193 g/mol. The molecule has 0 aliphatic carbocycles. The zero-order chi connectivity index (χ0) is 11.4. The van der Waals surface area contributed by atoms with Crippen LogP contribution in [-0.4, -0.2) is 11.5 Å². The predicted molar refractivity (Wildman–Crippen MR) is 57.7 cm³/mol. The molecule has 0 spiro atoms. The summed E-state index contributed by atoms with van der Waals surface area (Å²) in [6.07, 6.45) is 0.0451. The van der Waals surface area contributed by atoms with Crippen LogP contribution in [0.5, 0.6) is 0 Å². The van der Waals surface area contributed by atoms with E-state index in [2.05, 4.69) is 6.58 Å². The van der Waals surface area contributed by atoms with Crippen molar-refractivity contribution in [2.75, 3.05) is 0 Å². The monoisotopic (exact) mass is 205 g/mol. The van der Waals surface area contributed by atoms with E-state index < -0.39 is 0 Å². The second-order valence-electron chi connectivity index (χ2n) is 3.39. The first-order valence-corrected chi connectivity index (χ1v) is 4.53. The smallest absolute Gasteiger partial charge is 0.185 e. The molecule has 0 saturated carbocycles. The van der Waals surface area contributed by atoms with Crippen molar-refractivity contribution in [2.24, 2.45) is 0 Å². The van der Waals surface area contributed by atoms with Crippen LogP contribution in [0.3, 0.4) is 0 Å². The maximum Gasteiger partial charge on any atom is 0.185 e. The summed E-state index contributed by atoms with van der Waals surface area (Å²) in [6.45, 7) is 5.12. The van der Waals surface area contributed by atoms with Crippen molar-refractivity contribution < 1.29 is 9.18 Å². The van der Waals surface area contributed by atoms with Gasteiger partial charge in [-0.15, -0.1) is 0 Å². The molecule has 0 heterocycles. The normalized spacial score (nSPS) is 9.73. The lowest BCUT2D eigenvalue weighted by Crippen LogP contribution is -2.16. The fourth-order valence-corrected chi connectivity index (χ4v) is 1.16. The summed E-state index contributed by atoms with van der Waals surface area (Å²) < 4.78 is 12.8. The van der Waals surface area contributed by atoms with Crippen molar-refractivity contribution in [1.29, 1.82) is 5.41 Å². The molecule has 1 N–H and O–H groups in total. The van der Waals surface area contributed by atoms with Gasteiger partial charge in [0.15, 0.2) is 5.78 Å². The van der Waals surface area contributed by atoms with Crippen molar-refractivity contribution in [1.82, 2.24) is 0 Å². The van der Waals surface area contributed by atoms with Gasteiger partial charge in [-0.1, -0.05) is 18.7 Å². The zero-order valence-electron chi connectivity index (χ0n) is 8.51. The Morgan fingerprint density at radius 3 is 2.73 bits per heavy atom. The Bertz CT molecular complexity index is 423. The number of nitrogens with one attached hydrogen (secondary N) is 1. The molecule has 3 heteroatoms. The van der Waals surface area contributed by atoms with E-state index in [-0.39, 0.29) is 23.7 Å². The topological polar surface area (TPSA) is 40.9 Å². The lowest BCUT2D eigenvalue weighted by Gasteiger charge is -2.02. The highest BCUT2D eigenvalue weighted by Crippen LogP contribution is 2.06. The van der Waals surface area contributed by atoms with Gasteiger partial charge in [0.2, 0.25) is 0 Å². The van der Waals surface area contributed by atoms with Crippen molar-refractivity contribution in [3.8, 4) is 0 Å². The minimum absolute atomic E-state index is 0.0451. The van der Waals surface area contributed by atoms with Gasteiger partial charge in [-0.3, -0.25) is 10.2 Å². The highest BCUT2D eigenvalue weighted by molar-refractivity contribution is 6.44. The molecule has 0 amide bonds. The maximum absolute atomic E-state index is 12.8. The number of carbonyl (C=O) groups is 1. The molecular formula is C12H12FNO. The molecule has 0 aromatic heterocycles. The fourth-order valence-electron chi connectivity index (χ4n) is 1.16. The van der Waals surface area contributed by atoms with Gasteiger partial charge in [-0.25, -0.2) is 4.39 Å². The number of hydrogen-bond donors (Lipinski definition) is 1. The first kappa shape index (κ1) is 11.3. The van der Waals surface area contributed by atoms with E-state index in [1.165, 1.54) is 12.1 Å². The second-order valence-corrected chi connectivity index (χ2v) is 3.39. The Hall–Kier alpha value is -1.77. The molecule has 0 aliphatic heterocycles. The quantitative estimate of drug-likeness (QED) is 0.754. The second kappa shape index (κ2) is 4.64. The molecule has 0 aliphatic rings. The summed E-state index contributed by atoms with van der Waals surface area (Å²) in [6, 6.07) is 5.82. The molecule has 0 bridgehead atoms. The molecule has 0 saturated heterocycles. The Morgan fingerprint density at radius 1 is 1.53 bits per heavy atom. The third kappa shape index (κ3) is 3.13. The van der Waals surface area contributed by atoms with E-state index in [9.17, 15) is 9.18 Å².